The van der Waals surface area contributed by atoms with Gasteiger partial charge < -0.3 is 0 Å². The van der Waals surface area contributed by atoms with Gasteiger partial charge in [0.1, 0.15) is 5.82 Å². The van der Waals surface area contributed by atoms with Gasteiger partial charge in [-0.15, -0.1) is 0 Å². The third-order valence-corrected chi connectivity index (χ3v) is 15.2. The maximum Gasteiger partial charge on any atom is 0.188 e. The first-order chi connectivity index (χ1) is 42.8. The summed E-state index contributed by atoms with van der Waals surface area (Å²) >= 11 is 0. The molecule has 488 valence electrons. The molecule has 9 aromatic rings. The van der Waals surface area contributed by atoms with Gasteiger partial charge in [-0.1, -0.05) is 311 Å². The smallest absolute Gasteiger partial charge is 0.188 e. The van der Waals surface area contributed by atoms with E-state index in [1.165, 1.54) is 101 Å². The summed E-state index contributed by atoms with van der Waals surface area (Å²) in [6.07, 6.45) is 5.26. The van der Waals surface area contributed by atoms with E-state index in [-0.39, 0.29) is 27.5 Å². The quantitative estimate of drug-likeness (QED) is 0.159. The van der Waals surface area contributed by atoms with Gasteiger partial charge in [-0.05, 0) is 209 Å². The molecule has 0 radical (unpaired) electrons. The van der Waals surface area contributed by atoms with E-state index in [2.05, 4.69) is 304 Å². The number of rotatable bonds is 2. The molecule has 3 heteroatoms. The highest BCUT2D eigenvalue weighted by Crippen LogP contribution is 2.30. The van der Waals surface area contributed by atoms with Crippen LogP contribution in [0.2, 0.25) is 0 Å². The van der Waals surface area contributed by atoms with Crippen LogP contribution in [0.25, 0.3) is 10.9 Å². The third-order valence-electron chi connectivity index (χ3n) is 15.2. The minimum atomic E-state index is -0.171. The molecule has 92 heavy (non-hydrogen) atoms. The SMILES string of the molecule is C/C=C/c1ccccc1.CCc1ccccc1.Cc1cc(C(C)(C)C)cc(C(C)(C)C)c1.Cc1cc(C)c(C)c(C)c1.Cc1ccc(C(C)(C)C)cc1.Cc1ccc(C)c(C)c1.Cc1ccc(F)cc1.Cc1ccccc1C(C)(C)C.[C-]#[N+]c1cc(C)cc(C#N)c1. The molecule has 0 unspecified atom stereocenters. The average molecular weight is 1230 g/mol. The number of nitriles is 1. The number of allylic oxidation sites excluding steroid dienone is 1. The zero-order valence-corrected chi connectivity index (χ0v) is 61.7. The first-order valence-electron chi connectivity index (χ1n) is 32.5. The van der Waals surface area contributed by atoms with Crippen LogP contribution in [0.15, 0.2) is 206 Å². The molecule has 0 atom stereocenters. The van der Waals surface area contributed by atoms with E-state index in [0.717, 1.165) is 17.5 Å². The molecule has 0 amide bonds. The van der Waals surface area contributed by atoms with Crippen molar-refractivity contribution < 1.29 is 4.39 Å². The van der Waals surface area contributed by atoms with E-state index >= 15 is 0 Å². The summed E-state index contributed by atoms with van der Waals surface area (Å²) < 4.78 is 12.1. The Morgan fingerprint density at radius 2 is 0.826 bits per heavy atom. The highest BCUT2D eigenvalue weighted by molar-refractivity contribution is 5.52. The van der Waals surface area contributed by atoms with Crippen molar-refractivity contribution in [3.8, 4) is 6.07 Å². The molecule has 0 fully saturated rings. The van der Waals surface area contributed by atoms with Crippen LogP contribution in [0.5, 0.6) is 0 Å². The van der Waals surface area contributed by atoms with Crippen molar-refractivity contribution in [3.05, 3.63) is 329 Å². The number of halogens is 1. The summed E-state index contributed by atoms with van der Waals surface area (Å²) in [4.78, 5) is 3.24. The van der Waals surface area contributed by atoms with E-state index in [1.807, 2.05) is 57.2 Å². The van der Waals surface area contributed by atoms with Crippen LogP contribution in [0.1, 0.15) is 203 Å². The van der Waals surface area contributed by atoms with Crippen LogP contribution in [0.4, 0.5) is 10.1 Å². The molecule has 0 aromatic heterocycles. The zero-order valence-electron chi connectivity index (χ0n) is 61.7. The van der Waals surface area contributed by atoms with Crippen molar-refractivity contribution >= 4 is 11.8 Å². The molecule has 0 heterocycles. The summed E-state index contributed by atoms with van der Waals surface area (Å²) in [5.41, 5.74) is 26.4. The summed E-state index contributed by atoms with van der Waals surface area (Å²) in [5, 5.41) is 8.53. The molecule has 0 spiro atoms. The molecule has 0 aliphatic rings. The van der Waals surface area contributed by atoms with E-state index in [4.69, 9.17) is 11.8 Å². The Morgan fingerprint density at radius 1 is 0.402 bits per heavy atom. The molecule has 0 bridgehead atoms. The molecule has 9 rings (SSSR count). The third kappa shape index (κ3) is 34.2. The number of hydrogen-bond acceptors (Lipinski definition) is 1. The van der Waals surface area contributed by atoms with Crippen LogP contribution in [0, 0.1) is 107 Å². The van der Waals surface area contributed by atoms with E-state index < -0.39 is 0 Å². The molecule has 0 saturated carbocycles. The first kappa shape index (κ1) is 81.6. The second-order valence-corrected chi connectivity index (χ2v) is 28.2. The molecule has 9 aromatic carbocycles. The number of hydrogen-bond donors (Lipinski definition) is 0. The molecule has 0 saturated heterocycles. The molecule has 0 N–H and O–H groups in total. The Hall–Kier alpha value is -8.37. The number of nitrogens with zero attached hydrogens (tertiary/aromatic N) is 2. The van der Waals surface area contributed by atoms with Crippen LogP contribution in [0.3, 0.4) is 0 Å². The maximum absolute atomic E-state index is 12.1. The van der Waals surface area contributed by atoms with Crippen molar-refractivity contribution in [2.45, 2.75) is 208 Å². The molecule has 0 aliphatic heterocycles. The highest BCUT2D eigenvalue weighted by atomic mass is 19.1. The Kier molecular flexibility index (Phi) is 35.9. The van der Waals surface area contributed by atoms with Crippen molar-refractivity contribution in [1.29, 1.82) is 5.26 Å². The second kappa shape index (κ2) is 40.5. The van der Waals surface area contributed by atoms with Crippen LogP contribution < -0.4 is 0 Å². The minimum absolute atomic E-state index is 0.171. The largest absolute Gasteiger partial charge is 0.238 e. The molecular weight excluding hydrogens is 1120 g/mol. The van der Waals surface area contributed by atoms with E-state index in [9.17, 15) is 4.39 Å². The van der Waals surface area contributed by atoms with Gasteiger partial charge in [0.25, 0.3) is 0 Å². The lowest BCUT2D eigenvalue weighted by Crippen LogP contribution is -2.16. The summed E-state index contributed by atoms with van der Waals surface area (Å²) in [5.74, 6) is -0.171. The van der Waals surface area contributed by atoms with Crippen LogP contribution in [-0.4, -0.2) is 0 Å². The van der Waals surface area contributed by atoms with Gasteiger partial charge in [0, 0.05) is 5.56 Å². The fourth-order valence-corrected chi connectivity index (χ4v) is 9.16. The van der Waals surface area contributed by atoms with Gasteiger partial charge in [0.2, 0.25) is 0 Å². The lowest BCUT2D eigenvalue weighted by Gasteiger charge is -2.25. The fourth-order valence-electron chi connectivity index (χ4n) is 9.16. The maximum atomic E-state index is 12.1. The molecule has 0 aliphatic carbocycles. The van der Waals surface area contributed by atoms with Gasteiger partial charge in [-0.3, -0.25) is 0 Å². The minimum Gasteiger partial charge on any atom is -0.238 e. The van der Waals surface area contributed by atoms with Crippen LogP contribution in [-0.2, 0) is 28.1 Å². The monoisotopic (exact) mass is 1230 g/mol. The fraction of sp³-hybridized carbons (Fsp3) is 0.348. The zero-order chi connectivity index (χ0) is 70.0. The van der Waals surface area contributed by atoms with Gasteiger partial charge in [-0.25, -0.2) is 9.24 Å². The van der Waals surface area contributed by atoms with Gasteiger partial charge >= 0.3 is 0 Å². The number of benzene rings is 9. The van der Waals surface area contributed by atoms with E-state index in [0.29, 0.717) is 11.3 Å². The Labute approximate surface area is 561 Å². The summed E-state index contributed by atoms with van der Waals surface area (Å²) in [6, 6.07) is 69.4. The van der Waals surface area contributed by atoms with Gasteiger partial charge in [0.05, 0.1) is 12.6 Å². The molecular formula is C89H115FN2. The Morgan fingerprint density at radius 3 is 1.21 bits per heavy atom. The highest BCUT2D eigenvalue weighted by Gasteiger charge is 2.20. The normalized spacial score (nSPS) is 10.5. The van der Waals surface area contributed by atoms with Crippen molar-refractivity contribution in [2.24, 2.45) is 0 Å². The summed E-state index contributed by atoms with van der Waals surface area (Å²) in [6.45, 7) is 63.3. The topological polar surface area (TPSA) is 28.1 Å². The number of aryl methyl sites for hydroxylation is 12. The Bertz CT molecular complexity index is 3560. The lowest BCUT2D eigenvalue weighted by atomic mass is 9.80. The van der Waals surface area contributed by atoms with Gasteiger partial charge in [0.15, 0.2) is 5.69 Å². The molecule has 2 nitrogen and oxygen atoms in total. The predicted molar refractivity (Wildman–Crippen MR) is 405 cm³/mol. The summed E-state index contributed by atoms with van der Waals surface area (Å²) in [7, 11) is 0. The van der Waals surface area contributed by atoms with E-state index in [1.54, 1.807) is 30.3 Å². The Balaban J connectivity index is 0.000000520. The van der Waals surface area contributed by atoms with Crippen molar-refractivity contribution in [3.63, 3.8) is 0 Å². The van der Waals surface area contributed by atoms with Gasteiger partial charge in [-0.2, -0.15) is 5.26 Å². The van der Waals surface area contributed by atoms with Crippen molar-refractivity contribution in [1.82, 2.24) is 0 Å². The van der Waals surface area contributed by atoms with Crippen molar-refractivity contribution in [2.75, 3.05) is 0 Å². The second-order valence-electron chi connectivity index (χ2n) is 28.2. The lowest BCUT2D eigenvalue weighted by molar-refractivity contribution is 0.567. The average Bonchev–Trinajstić information content (AvgIpc) is 0.975. The van der Waals surface area contributed by atoms with Crippen LogP contribution >= 0.6 is 0 Å². The first-order valence-corrected chi connectivity index (χ1v) is 32.5. The predicted octanol–water partition coefficient (Wildman–Crippen LogP) is 26.2. The standard InChI is InChI=1S/C15H24.2C11H16.C10H14.C9H6N2.C9H12.C9H10.C8H10.C7H7F/c1-11-8-12(14(2,3)4)10-13(9-11)15(5,6)7;1-9-5-7-10(8-6-9)11(2,3)4;1-9-7-5-6-8-10(9)11(2,3)4;1-7-5-8(2)10(4)9(3)6-7;1-7-3-8(6-10)5-9(4-7)11-2;1-7-4-5-8(2)9(3)6-7;1-2-6-9-7-4-3-5-8-9;1-2-8-6-4-3-5-7-8;1-6-2-4-7(8)5-3-6/h8-10H,1-7H3;2*5-8H,1-4H3;5-6H,1-4H3;3-5H,1H3;4-6H,1-3H3;2-8H,1H3;3-7H,2H2,1H3;2-5H,1H3/b;;;;;;6-2+;;.